The van der Waals surface area contributed by atoms with E-state index in [2.05, 4.69) is 0 Å². The molecule has 1 aliphatic rings. The number of benzene rings is 3. The van der Waals surface area contributed by atoms with Gasteiger partial charge >= 0.3 is 5.97 Å². The number of fused-ring (bicyclic) bond motifs is 2. The van der Waals surface area contributed by atoms with Gasteiger partial charge in [0.25, 0.3) is 5.91 Å². The van der Waals surface area contributed by atoms with Crippen LogP contribution >= 0.6 is 0 Å². The van der Waals surface area contributed by atoms with Gasteiger partial charge in [0.1, 0.15) is 11.4 Å². The van der Waals surface area contributed by atoms with Gasteiger partial charge in [-0.05, 0) is 60.0 Å². The lowest BCUT2D eigenvalue weighted by Crippen LogP contribution is -2.31. The number of nitrogens with zero attached hydrogens (tertiary/aromatic N) is 1. The number of hydrogen-bond donors (Lipinski definition) is 0. The number of hydrogen-bond acceptors (Lipinski definition) is 7. The summed E-state index contributed by atoms with van der Waals surface area (Å²) < 4.78 is 35.3. The highest BCUT2D eigenvalue weighted by Crippen LogP contribution is 2.38. The lowest BCUT2D eigenvalue weighted by Gasteiger charge is -2.25. The fourth-order valence-electron chi connectivity index (χ4n) is 4.77. The fraction of sp³-hybridized carbons (Fsp3) is 0.207. The van der Waals surface area contributed by atoms with E-state index >= 15 is 0 Å². The standard InChI is InChI=1S/C29H24FNO7/c1-35-22-10-4-16(14-23(22)36-2)12-13-31-25(17-5-7-18(8-6-17)29(34)37-3)24-26(32)20-15-19(30)9-11-21(20)38-27(24)28(31)33/h4-11,14-15,25H,12-13H2,1-3H3/t25-/m1/s1. The van der Waals surface area contributed by atoms with Gasteiger partial charge in [-0.1, -0.05) is 18.2 Å². The first-order chi connectivity index (χ1) is 18.4. The molecule has 0 saturated heterocycles. The van der Waals surface area contributed by atoms with Crippen molar-refractivity contribution >= 4 is 22.8 Å². The molecular formula is C29H24FNO7. The second-order valence-corrected chi connectivity index (χ2v) is 8.77. The van der Waals surface area contributed by atoms with Crippen molar-refractivity contribution in [3.63, 3.8) is 0 Å². The number of carbonyl (C=O) groups excluding carboxylic acids is 2. The molecule has 0 N–H and O–H groups in total. The summed E-state index contributed by atoms with van der Waals surface area (Å²) in [4.78, 5) is 40.7. The van der Waals surface area contributed by atoms with Crippen LogP contribution in [0, 0.1) is 5.82 Å². The SMILES string of the molecule is COC(=O)c1ccc([C@@H]2c3c(oc4ccc(F)cc4c3=O)C(=O)N2CCc2ccc(OC)c(OC)c2)cc1. The zero-order chi connectivity index (χ0) is 27.0. The van der Waals surface area contributed by atoms with Crippen LogP contribution in [0.15, 0.2) is 69.9 Å². The Morgan fingerprint density at radius 2 is 1.68 bits per heavy atom. The minimum atomic E-state index is -0.798. The highest BCUT2D eigenvalue weighted by Gasteiger charge is 2.42. The number of carbonyl (C=O) groups is 2. The van der Waals surface area contributed by atoms with Crippen molar-refractivity contribution in [1.82, 2.24) is 4.90 Å². The van der Waals surface area contributed by atoms with Gasteiger partial charge in [0, 0.05) is 6.54 Å². The highest BCUT2D eigenvalue weighted by atomic mass is 19.1. The van der Waals surface area contributed by atoms with Gasteiger partial charge in [0.15, 0.2) is 16.9 Å². The smallest absolute Gasteiger partial charge is 0.337 e. The Labute approximate surface area is 217 Å². The van der Waals surface area contributed by atoms with E-state index in [1.165, 1.54) is 19.2 Å². The predicted octanol–water partition coefficient (Wildman–Crippen LogP) is 4.52. The molecule has 4 aromatic rings. The minimum Gasteiger partial charge on any atom is -0.493 e. The summed E-state index contributed by atoms with van der Waals surface area (Å²) in [6.07, 6.45) is 0.444. The number of amides is 1. The van der Waals surface area contributed by atoms with Crippen LogP contribution in [0.1, 0.15) is 43.6 Å². The Hall–Kier alpha value is -4.66. The van der Waals surface area contributed by atoms with Crippen LogP contribution < -0.4 is 14.9 Å². The van der Waals surface area contributed by atoms with Crippen LogP contribution in [0.4, 0.5) is 4.39 Å². The maximum atomic E-state index is 14.0. The molecule has 0 spiro atoms. The van der Waals surface area contributed by atoms with Crippen molar-refractivity contribution in [3.05, 3.63) is 105 Å². The van der Waals surface area contributed by atoms with E-state index in [4.69, 9.17) is 18.6 Å². The molecule has 1 atom stereocenters. The molecule has 2 heterocycles. The second kappa shape index (κ2) is 10.0. The van der Waals surface area contributed by atoms with Gasteiger partial charge in [-0.3, -0.25) is 9.59 Å². The predicted molar refractivity (Wildman–Crippen MR) is 136 cm³/mol. The van der Waals surface area contributed by atoms with Crippen molar-refractivity contribution < 1.29 is 32.6 Å². The molecule has 1 aromatic heterocycles. The van der Waals surface area contributed by atoms with Crippen LogP contribution in [0.3, 0.4) is 0 Å². The topological polar surface area (TPSA) is 95.3 Å². The van der Waals surface area contributed by atoms with E-state index in [1.54, 1.807) is 49.5 Å². The lowest BCUT2D eigenvalue weighted by molar-refractivity contribution is 0.0600. The Balaban J connectivity index is 1.59. The summed E-state index contributed by atoms with van der Waals surface area (Å²) in [7, 11) is 4.38. The molecule has 8 nitrogen and oxygen atoms in total. The molecule has 194 valence electrons. The van der Waals surface area contributed by atoms with Crippen molar-refractivity contribution in [2.45, 2.75) is 12.5 Å². The van der Waals surface area contributed by atoms with Gasteiger partial charge in [-0.15, -0.1) is 0 Å². The van der Waals surface area contributed by atoms with Crippen LogP contribution in [0.5, 0.6) is 11.5 Å². The van der Waals surface area contributed by atoms with E-state index in [0.29, 0.717) is 29.0 Å². The number of methoxy groups -OCH3 is 3. The Morgan fingerprint density at radius 1 is 0.947 bits per heavy atom. The number of halogens is 1. The molecule has 0 fully saturated rings. The number of esters is 1. The average molecular weight is 518 g/mol. The molecule has 0 aliphatic carbocycles. The molecule has 1 aliphatic heterocycles. The van der Waals surface area contributed by atoms with E-state index in [0.717, 1.165) is 11.6 Å². The van der Waals surface area contributed by atoms with E-state index < -0.39 is 29.2 Å². The van der Waals surface area contributed by atoms with Crippen molar-refractivity contribution in [3.8, 4) is 11.5 Å². The van der Waals surface area contributed by atoms with Crippen molar-refractivity contribution in [1.29, 1.82) is 0 Å². The molecule has 1 amide bonds. The normalized spacial score (nSPS) is 14.5. The van der Waals surface area contributed by atoms with Crippen LogP contribution in [0.2, 0.25) is 0 Å². The minimum absolute atomic E-state index is 0.0504. The first-order valence-corrected chi connectivity index (χ1v) is 11.8. The molecule has 0 unspecified atom stereocenters. The lowest BCUT2D eigenvalue weighted by atomic mass is 9.97. The summed E-state index contributed by atoms with van der Waals surface area (Å²) in [6.45, 7) is 0.242. The van der Waals surface area contributed by atoms with Crippen LogP contribution in [-0.2, 0) is 11.2 Å². The van der Waals surface area contributed by atoms with E-state index in [-0.39, 0.29) is 28.8 Å². The molecule has 9 heteroatoms. The maximum absolute atomic E-state index is 14.0. The molecular weight excluding hydrogens is 493 g/mol. The Morgan fingerprint density at radius 3 is 2.37 bits per heavy atom. The molecule has 38 heavy (non-hydrogen) atoms. The second-order valence-electron chi connectivity index (χ2n) is 8.77. The maximum Gasteiger partial charge on any atom is 0.337 e. The summed E-state index contributed by atoms with van der Waals surface area (Å²) in [6, 6.07) is 14.8. The van der Waals surface area contributed by atoms with Gasteiger partial charge < -0.3 is 23.5 Å². The molecule has 3 aromatic carbocycles. The summed E-state index contributed by atoms with van der Waals surface area (Å²) in [5.74, 6) is -0.488. The zero-order valence-electron chi connectivity index (χ0n) is 20.9. The largest absolute Gasteiger partial charge is 0.493 e. The summed E-state index contributed by atoms with van der Waals surface area (Å²) in [5, 5.41) is 0.0504. The molecule has 0 radical (unpaired) electrons. The zero-order valence-corrected chi connectivity index (χ0v) is 20.9. The average Bonchev–Trinajstić information content (AvgIpc) is 3.23. The van der Waals surface area contributed by atoms with E-state index in [9.17, 15) is 18.8 Å². The summed E-state index contributed by atoms with van der Waals surface area (Å²) in [5.41, 5.74) is 1.59. The molecule has 5 rings (SSSR count). The third-order valence-corrected chi connectivity index (χ3v) is 6.66. The Bertz CT molecular complexity index is 1610. The first-order valence-electron chi connectivity index (χ1n) is 11.8. The monoisotopic (exact) mass is 517 g/mol. The fourth-order valence-corrected chi connectivity index (χ4v) is 4.77. The number of rotatable bonds is 7. The van der Waals surface area contributed by atoms with Crippen molar-refractivity contribution in [2.75, 3.05) is 27.9 Å². The van der Waals surface area contributed by atoms with Crippen LogP contribution in [-0.4, -0.2) is 44.7 Å². The third-order valence-electron chi connectivity index (χ3n) is 6.66. The van der Waals surface area contributed by atoms with Crippen LogP contribution in [0.25, 0.3) is 11.0 Å². The quantitative estimate of drug-likeness (QED) is 0.333. The van der Waals surface area contributed by atoms with Gasteiger partial charge in [-0.25, -0.2) is 9.18 Å². The molecule has 0 saturated carbocycles. The van der Waals surface area contributed by atoms with Gasteiger partial charge in [0.2, 0.25) is 5.76 Å². The number of ether oxygens (including phenoxy) is 3. The highest BCUT2D eigenvalue weighted by molar-refractivity contribution is 5.99. The van der Waals surface area contributed by atoms with Gasteiger partial charge in [0.05, 0.1) is 43.9 Å². The summed E-state index contributed by atoms with van der Waals surface area (Å²) >= 11 is 0. The first kappa shape index (κ1) is 25.0. The Kier molecular flexibility index (Phi) is 6.59. The van der Waals surface area contributed by atoms with Gasteiger partial charge in [-0.2, -0.15) is 0 Å². The molecule has 0 bridgehead atoms. The third kappa shape index (κ3) is 4.26. The van der Waals surface area contributed by atoms with E-state index in [1.807, 2.05) is 12.1 Å². The van der Waals surface area contributed by atoms with Crippen molar-refractivity contribution in [2.24, 2.45) is 0 Å².